The Morgan fingerprint density at radius 1 is 1.14 bits per heavy atom. The van der Waals surface area contributed by atoms with Gasteiger partial charge in [-0.1, -0.05) is 42.0 Å². The molecule has 29 heavy (non-hydrogen) atoms. The Morgan fingerprint density at radius 2 is 2.00 bits per heavy atom. The summed E-state index contributed by atoms with van der Waals surface area (Å²) in [5, 5.41) is 9.02. The van der Waals surface area contributed by atoms with Crippen LogP contribution < -0.4 is 4.90 Å². The molecule has 0 radical (unpaired) electrons. The summed E-state index contributed by atoms with van der Waals surface area (Å²) in [6.07, 6.45) is 4.07. The fourth-order valence-electron chi connectivity index (χ4n) is 3.97. The third-order valence-corrected chi connectivity index (χ3v) is 5.34. The van der Waals surface area contributed by atoms with E-state index >= 15 is 0 Å². The van der Waals surface area contributed by atoms with Crippen LogP contribution in [0.2, 0.25) is 0 Å². The molecule has 4 rings (SSSR count). The predicted octanol–water partition coefficient (Wildman–Crippen LogP) is 4.03. The van der Waals surface area contributed by atoms with Crippen molar-refractivity contribution in [1.29, 1.82) is 0 Å². The van der Waals surface area contributed by atoms with Gasteiger partial charge in [0, 0.05) is 43.3 Å². The van der Waals surface area contributed by atoms with Gasteiger partial charge in [-0.2, -0.15) is 0 Å². The first-order valence-corrected chi connectivity index (χ1v) is 10.1. The summed E-state index contributed by atoms with van der Waals surface area (Å²) in [5.41, 5.74) is 6.34. The molecule has 0 atom stereocenters. The minimum Gasteiger partial charge on any atom is -0.396 e. The van der Waals surface area contributed by atoms with Gasteiger partial charge in [0.1, 0.15) is 12.1 Å². The molecule has 5 heteroatoms. The van der Waals surface area contributed by atoms with Gasteiger partial charge in [0.15, 0.2) is 5.78 Å². The zero-order valence-corrected chi connectivity index (χ0v) is 16.6. The van der Waals surface area contributed by atoms with Crippen molar-refractivity contribution in [3.63, 3.8) is 0 Å². The molecule has 1 aliphatic rings. The number of aryl methyl sites for hydroxylation is 1. The van der Waals surface area contributed by atoms with Crippen LogP contribution in [0.4, 0.5) is 11.5 Å². The number of anilines is 2. The number of nitrogens with zero attached hydrogens (tertiary/aromatic N) is 3. The highest BCUT2D eigenvalue weighted by Gasteiger charge is 2.26. The summed E-state index contributed by atoms with van der Waals surface area (Å²) < 4.78 is 0. The number of benzene rings is 2. The highest BCUT2D eigenvalue weighted by molar-refractivity contribution is 5.99. The molecule has 0 amide bonds. The van der Waals surface area contributed by atoms with Crippen molar-refractivity contribution in [2.75, 3.05) is 18.1 Å². The van der Waals surface area contributed by atoms with E-state index in [2.05, 4.69) is 46.1 Å². The number of rotatable bonds is 7. The summed E-state index contributed by atoms with van der Waals surface area (Å²) in [6.45, 7) is 2.92. The van der Waals surface area contributed by atoms with Crippen LogP contribution in [0.15, 0.2) is 54.9 Å². The van der Waals surface area contributed by atoms with E-state index in [0.717, 1.165) is 47.7 Å². The van der Waals surface area contributed by atoms with Crippen LogP contribution in [0.3, 0.4) is 0 Å². The van der Waals surface area contributed by atoms with Crippen LogP contribution in [0.5, 0.6) is 0 Å². The lowest BCUT2D eigenvalue weighted by atomic mass is 9.99. The summed E-state index contributed by atoms with van der Waals surface area (Å²) in [5.74, 6) is 0.960. The molecule has 148 valence electrons. The number of carbonyl (C=O) groups excluding carboxylic acids is 1. The van der Waals surface area contributed by atoms with Gasteiger partial charge in [-0.05, 0) is 37.0 Å². The summed E-state index contributed by atoms with van der Waals surface area (Å²) in [6, 6.07) is 16.4. The first-order valence-electron chi connectivity index (χ1n) is 10.1. The lowest BCUT2D eigenvalue weighted by Gasteiger charge is -2.19. The van der Waals surface area contributed by atoms with Crippen molar-refractivity contribution in [3.8, 4) is 0 Å². The number of hydrogen-bond donors (Lipinski definition) is 1. The quantitative estimate of drug-likeness (QED) is 0.620. The summed E-state index contributed by atoms with van der Waals surface area (Å²) in [7, 11) is 0. The van der Waals surface area contributed by atoms with E-state index in [0.29, 0.717) is 12.8 Å². The van der Waals surface area contributed by atoms with E-state index < -0.39 is 0 Å². The lowest BCUT2D eigenvalue weighted by molar-refractivity contribution is 0.0970. The zero-order valence-electron chi connectivity index (χ0n) is 16.6. The molecular weight excluding hydrogens is 362 g/mol. The smallest absolute Gasteiger partial charge is 0.163 e. The minimum atomic E-state index is 0.0392. The van der Waals surface area contributed by atoms with E-state index in [-0.39, 0.29) is 12.4 Å². The highest BCUT2D eigenvalue weighted by atomic mass is 16.3. The Labute approximate surface area is 171 Å². The lowest BCUT2D eigenvalue weighted by Crippen LogP contribution is -2.15. The second kappa shape index (κ2) is 8.53. The summed E-state index contributed by atoms with van der Waals surface area (Å²) in [4.78, 5) is 23.7. The van der Waals surface area contributed by atoms with E-state index in [1.54, 1.807) is 6.33 Å². The molecule has 1 aliphatic heterocycles. The normalized spacial score (nSPS) is 12.8. The molecule has 0 spiro atoms. The van der Waals surface area contributed by atoms with Gasteiger partial charge < -0.3 is 10.0 Å². The molecule has 1 aromatic heterocycles. The Hall–Kier alpha value is -3.05. The summed E-state index contributed by atoms with van der Waals surface area (Å²) >= 11 is 0. The molecule has 0 saturated carbocycles. The fraction of sp³-hybridized carbons (Fsp3) is 0.292. The van der Waals surface area contributed by atoms with E-state index in [1.165, 1.54) is 11.1 Å². The standard InChI is InChI=1S/C24H25N3O2/c1-17-5-2-6-18(13-17)14-19-15-24(26-16-25-19)27-11-10-20-21(7-3-8-22(20)27)23(29)9-4-12-28/h2-3,5-8,13,15-16,28H,4,9-12,14H2,1H3. The van der Waals surface area contributed by atoms with Crippen LogP contribution >= 0.6 is 0 Å². The maximum absolute atomic E-state index is 12.5. The van der Waals surface area contributed by atoms with E-state index in [9.17, 15) is 4.79 Å². The molecule has 0 fully saturated rings. The van der Waals surface area contributed by atoms with Crippen molar-refractivity contribution >= 4 is 17.3 Å². The second-order valence-electron chi connectivity index (χ2n) is 7.49. The van der Waals surface area contributed by atoms with Crippen LogP contribution in [0.1, 0.15) is 45.6 Å². The van der Waals surface area contributed by atoms with Crippen LogP contribution in [0.25, 0.3) is 0 Å². The van der Waals surface area contributed by atoms with E-state index in [1.807, 2.05) is 24.3 Å². The predicted molar refractivity (Wildman–Crippen MR) is 114 cm³/mol. The van der Waals surface area contributed by atoms with E-state index in [4.69, 9.17) is 5.11 Å². The van der Waals surface area contributed by atoms with Gasteiger partial charge in [-0.15, -0.1) is 0 Å². The highest BCUT2D eigenvalue weighted by Crippen LogP contribution is 2.36. The van der Waals surface area contributed by atoms with Gasteiger partial charge in [-0.25, -0.2) is 9.97 Å². The number of aliphatic hydroxyl groups is 1. The van der Waals surface area contributed by atoms with Gasteiger partial charge in [0.2, 0.25) is 0 Å². The number of hydrogen-bond acceptors (Lipinski definition) is 5. The van der Waals surface area contributed by atoms with Gasteiger partial charge in [0.05, 0.1) is 5.69 Å². The average Bonchev–Trinajstić information content (AvgIpc) is 3.16. The minimum absolute atomic E-state index is 0.0392. The van der Waals surface area contributed by atoms with Gasteiger partial charge in [0.25, 0.3) is 0 Å². The number of Topliss-reactive ketones (excluding diaryl/α,β-unsaturated/α-hetero) is 1. The van der Waals surface area contributed by atoms with Crippen molar-refractivity contribution < 1.29 is 9.90 Å². The number of carbonyl (C=O) groups is 1. The largest absolute Gasteiger partial charge is 0.396 e. The maximum atomic E-state index is 12.5. The zero-order chi connectivity index (χ0) is 20.2. The number of aliphatic hydroxyl groups excluding tert-OH is 1. The molecule has 0 bridgehead atoms. The molecule has 2 aromatic carbocycles. The molecule has 0 unspecified atom stereocenters. The second-order valence-corrected chi connectivity index (χ2v) is 7.49. The molecule has 2 heterocycles. The Bertz CT molecular complexity index is 1030. The van der Waals surface area contributed by atoms with Gasteiger partial charge in [-0.3, -0.25) is 4.79 Å². The van der Waals surface area contributed by atoms with Crippen LogP contribution in [0, 0.1) is 6.92 Å². The van der Waals surface area contributed by atoms with Crippen LogP contribution in [-0.4, -0.2) is 34.0 Å². The third kappa shape index (κ3) is 4.20. The van der Waals surface area contributed by atoms with Crippen molar-refractivity contribution in [2.45, 2.75) is 32.6 Å². The molecular formula is C24H25N3O2. The third-order valence-electron chi connectivity index (χ3n) is 5.34. The molecule has 3 aromatic rings. The Morgan fingerprint density at radius 3 is 2.83 bits per heavy atom. The molecule has 1 N–H and O–H groups in total. The van der Waals surface area contributed by atoms with Crippen LogP contribution in [-0.2, 0) is 12.8 Å². The maximum Gasteiger partial charge on any atom is 0.163 e. The number of fused-ring (bicyclic) bond motifs is 1. The first-order chi connectivity index (χ1) is 14.2. The SMILES string of the molecule is Cc1cccc(Cc2cc(N3CCc4c(C(=O)CCCO)cccc43)ncn2)c1. The first kappa shape index (κ1) is 19.3. The number of ketones is 1. The fourth-order valence-corrected chi connectivity index (χ4v) is 3.97. The Kier molecular flexibility index (Phi) is 5.67. The molecule has 0 aliphatic carbocycles. The monoisotopic (exact) mass is 387 g/mol. The van der Waals surface area contributed by atoms with Crippen molar-refractivity contribution in [3.05, 3.63) is 82.8 Å². The topological polar surface area (TPSA) is 66.3 Å². The average molecular weight is 387 g/mol. The van der Waals surface area contributed by atoms with Crippen molar-refractivity contribution in [2.24, 2.45) is 0 Å². The molecule has 5 nitrogen and oxygen atoms in total. The van der Waals surface area contributed by atoms with Gasteiger partial charge >= 0.3 is 0 Å². The molecule has 0 saturated heterocycles. The number of aromatic nitrogens is 2. The Balaban J connectivity index is 1.59. The van der Waals surface area contributed by atoms with Crippen molar-refractivity contribution in [1.82, 2.24) is 9.97 Å².